The van der Waals surface area contributed by atoms with Gasteiger partial charge in [0.25, 0.3) is 0 Å². The van der Waals surface area contributed by atoms with Crippen molar-refractivity contribution >= 4 is 74.7 Å². The molecule has 0 aliphatic carbocycles. The second-order valence-corrected chi connectivity index (χ2v) is 19.4. The molecule has 4 atom stereocenters. The Kier molecular flexibility index (Phi) is 39.1. The Hall–Kier alpha value is -3.91. The maximum absolute atomic E-state index is 12.6. The van der Waals surface area contributed by atoms with Crippen LogP contribution in [-0.4, -0.2) is 183 Å². The molecule has 0 unspecified atom stereocenters. The molecule has 0 saturated carbocycles. The summed E-state index contributed by atoms with van der Waals surface area (Å²) in [6, 6.07) is -3.50. The number of hydrogen-bond acceptors (Lipinski definition) is 17. The maximum atomic E-state index is 12.6. The van der Waals surface area contributed by atoms with E-state index in [0.29, 0.717) is 17.9 Å². The number of carbonyl (C=O) groups is 9. The number of Topliss-reactive ketones (excluding diaryl/α,β-unsaturated/α-hetero) is 2. The van der Waals surface area contributed by atoms with Crippen molar-refractivity contribution in [3.8, 4) is 0 Å². The fourth-order valence-corrected chi connectivity index (χ4v) is 9.14. The van der Waals surface area contributed by atoms with E-state index in [-0.39, 0.29) is 134 Å². The van der Waals surface area contributed by atoms with Gasteiger partial charge in [0.1, 0.15) is 25.3 Å². The third kappa shape index (κ3) is 36.9. The van der Waals surface area contributed by atoms with Gasteiger partial charge >= 0.3 is 17.9 Å². The second-order valence-electron chi connectivity index (χ2n) is 16.9. The summed E-state index contributed by atoms with van der Waals surface area (Å²) in [6.07, 6.45) is 15.3. The van der Waals surface area contributed by atoms with Gasteiger partial charge in [0.05, 0.1) is 64.8 Å². The van der Waals surface area contributed by atoms with Crippen LogP contribution in [0.15, 0.2) is 0 Å². The molecule has 0 spiro atoms. The summed E-state index contributed by atoms with van der Waals surface area (Å²) >= 11 is 0. The molecule has 0 aromatic heterocycles. The van der Waals surface area contributed by atoms with Crippen molar-refractivity contribution in [2.45, 2.75) is 147 Å². The zero-order chi connectivity index (χ0) is 51.6. The lowest BCUT2D eigenvalue weighted by Crippen LogP contribution is -2.50. The lowest BCUT2D eigenvalue weighted by Gasteiger charge is -2.18. The van der Waals surface area contributed by atoms with Gasteiger partial charge in [-0.2, -0.15) is 0 Å². The minimum absolute atomic E-state index is 0.0455. The average molecular weight is 1040 g/mol. The molecule has 0 aromatic rings. The summed E-state index contributed by atoms with van der Waals surface area (Å²) < 4.78 is 21.3. The Labute approximate surface area is 419 Å². The number of carbonyl (C=O) groups excluding carboxylic acids is 6. The molecular weight excluding hydrogens is 957 g/mol. The van der Waals surface area contributed by atoms with Crippen LogP contribution in [0.3, 0.4) is 0 Å². The molecule has 0 bridgehead atoms. The molecule has 0 radical (unpaired) electrons. The summed E-state index contributed by atoms with van der Waals surface area (Å²) in [5, 5.41) is 43.4. The minimum Gasteiger partial charge on any atom is -0.481 e. The van der Waals surface area contributed by atoms with Crippen molar-refractivity contribution in [2.75, 3.05) is 90.5 Å². The highest BCUT2D eigenvalue weighted by Crippen LogP contribution is 2.24. The highest BCUT2D eigenvalue weighted by atomic mass is 33.1. The van der Waals surface area contributed by atoms with Gasteiger partial charge in [0.2, 0.25) is 23.6 Å². The van der Waals surface area contributed by atoms with Gasteiger partial charge < -0.3 is 55.5 Å². The van der Waals surface area contributed by atoms with Crippen molar-refractivity contribution in [2.24, 2.45) is 0 Å². The van der Waals surface area contributed by atoms with E-state index < -0.39 is 48.0 Å². The Morgan fingerprint density at radius 2 is 1.10 bits per heavy atom. The first-order valence-corrected chi connectivity index (χ1v) is 27.0. The Morgan fingerprint density at radius 1 is 0.600 bits per heavy atom. The number of unbranched alkanes of at least 4 members (excludes halogenated alkanes) is 13. The van der Waals surface area contributed by atoms with E-state index in [4.69, 9.17) is 24.1 Å². The van der Waals surface area contributed by atoms with Crippen molar-refractivity contribution in [3.63, 3.8) is 0 Å². The van der Waals surface area contributed by atoms with E-state index in [9.17, 15) is 53.4 Å². The standard InChI is InChI=1S/C46H80N6O16S2/c1-34(38(53)28-49-36-32-69-70-33-37(46(63)64)50-29-39(36)54)51-43(58)31-68-27-25-66-23-21-48-42(57)30-67-26-24-65-22-20-47-40(55)19-18-35(45(61)62)52-41(56)16-14-12-10-8-6-4-2-3-5-7-9-11-13-15-17-44(59)60/h34-37,49-50H,2-33H2,1H3,(H,47,55)(H,48,57)(H,51,58)(H,52,56)(H,59,60)(H,61,62)(H,63,64)/t34-,35-,36-,37-/m0/s1. The predicted molar refractivity (Wildman–Crippen MR) is 263 cm³/mol. The number of nitrogens with one attached hydrogen (secondary N) is 6. The molecule has 1 rings (SSSR count). The van der Waals surface area contributed by atoms with Gasteiger partial charge in [0, 0.05) is 43.9 Å². The van der Waals surface area contributed by atoms with Crippen molar-refractivity contribution in [3.05, 3.63) is 0 Å². The monoisotopic (exact) mass is 1040 g/mol. The molecule has 402 valence electrons. The molecule has 22 nitrogen and oxygen atoms in total. The number of hydrogen-bond donors (Lipinski definition) is 9. The van der Waals surface area contributed by atoms with Crippen LogP contribution in [0.4, 0.5) is 0 Å². The molecule has 1 heterocycles. The SMILES string of the molecule is C[C@H](NC(=O)COCCOCCNC(=O)COCCOCCNC(=O)CC[C@H](NC(=O)CCCCCCCCCCCCCCCCC(=O)O)C(=O)O)C(=O)CN[C@H]1CSSC[C@@H](C(=O)O)NCC1=O. The van der Waals surface area contributed by atoms with Crippen LogP contribution in [0.25, 0.3) is 0 Å². The van der Waals surface area contributed by atoms with Gasteiger partial charge in [0.15, 0.2) is 11.6 Å². The lowest BCUT2D eigenvalue weighted by molar-refractivity contribution is -0.142. The van der Waals surface area contributed by atoms with E-state index in [2.05, 4.69) is 31.9 Å². The fourth-order valence-electron chi connectivity index (χ4n) is 6.72. The number of carboxylic acids is 3. The van der Waals surface area contributed by atoms with Gasteiger partial charge in [-0.15, -0.1) is 0 Å². The van der Waals surface area contributed by atoms with Gasteiger partial charge in [-0.1, -0.05) is 98.6 Å². The summed E-state index contributed by atoms with van der Waals surface area (Å²) in [7, 11) is 2.67. The molecule has 1 fully saturated rings. The number of carboxylic acid groups (broad SMARTS) is 3. The summed E-state index contributed by atoms with van der Waals surface area (Å²) in [4.78, 5) is 107. The minimum atomic E-state index is -1.20. The third-order valence-corrected chi connectivity index (χ3v) is 13.3. The fraction of sp³-hybridized carbons (Fsp3) is 0.804. The Balaban J connectivity index is 1.97. The first-order valence-electron chi connectivity index (χ1n) is 24.6. The van der Waals surface area contributed by atoms with E-state index in [1.54, 1.807) is 0 Å². The number of ketones is 2. The molecule has 1 aliphatic rings. The third-order valence-electron chi connectivity index (χ3n) is 10.8. The molecule has 70 heavy (non-hydrogen) atoms. The second kappa shape index (κ2) is 42.7. The first kappa shape index (κ1) is 64.1. The van der Waals surface area contributed by atoms with Crippen molar-refractivity contribution in [1.82, 2.24) is 31.9 Å². The van der Waals surface area contributed by atoms with Gasteiger partial charge in [-0.05, 0) is 26.2 Å². The average Bonchev–Trinajstić information content (AvgIpc) is 3.40. The predicted octanol–water partition coefficient (Wildman–Crippen LogP) is 2.00. The van der Waals surface area contributed by atoms with Gasteiger partial charge in [-0.3, -0.25) is 49.0 Å². The summed E-state index contributed by atoms with van der Waals surface area (Å²) in [5.74, 6) is -4.51. The topological polar surface area (TPSA) is 323 Å². The number of amides is 4. The molecule has 1 aliphatic heterocycles. The number of aliphatic carboxylic acids is 3. The molecule has 1 saturated heterocycles. The normalized spacial score (nSPS) is 15.9. The van der Waals surface area contributed by atoms with Crippen LogP contribution in [0.5, 0.6) is 0 Å². The highest BCUT2D eigenvalue weighted by molar-refractivity contribution is 8.76. The van der Waals surface area contributed by atoms with Crippen LogP contribution in [0.2, 0.25) is 0 Å². The highest BCUT2D eigenvalue weighted by Gasteiger charge is 2.27. The van der Waals surface area contributed by atoms with E-state index in [1.165, 1.54) is 67.0 Å². The largest absolute Gasteiger partial charge is 0.481 e. The van der Waals surface area contributed by atoms with E-state index in [0.717, 1.165) is 44.9 Å². The zero-order valence-corrected chi connectivity index (χ0v) is 42.5. The van der Waals surface area contributed by atoms with Crippen LogP contribution in [0, 0.1) is 0 Å². The molecule has 24 heteroatoms. The number of ether oxygens (including phenoxy) is 4. The quantitative estimate of drug-likeness (QED) is 0.0311. The molecular formula is C46H80N6O16S2. The first-order chi connectivity index (χ1) is 33.7. The van der Waals surface area contributed by atoms with Crippen molar-refractivity contribution in [1.29, 1.82) is 0 Å². The lowest BCUT2D eigenvalue weighted by atomic mass is 10.0. The smallest absolute Gasteiger partial charge is 0.326 e. The van der Waals surface area contributed by atoms with Crippen LogP contribution < -0.4 is 31.9 Å². The van der Waals surface area contributed by atoms with Crippen LogP contribution in [0.1, 0.15) is 122 Å². The Bertz CT molecular complexity index is 1550. The van der Waals surface area contributed by atoms with E-state index >= 15 is 0 Å². The molecule has 9 N–H and O–H groups in total. The summed E-state index contributed by atoms with van der Waals surface area (Å²) in [5.41, 5.74) is 0. The van der Waals surface area contributed by atoms with Crippen LogP contribution >= 0.6 is 21.6 Å². The Morgan fingerprint density at radius 3 is 1.64 bits per heavy atom. The summed E-state index contributed by atoms with van der Waals surface area (Å²) in [6.45, 7) is 1.99. The van der Waals surface area contributed by atoms with Gasteiger partial charge in [-0.25, -0.2) is 4.79 Å². The zero-order valence-electron chi connectivity index (χ0n) is 40.9. The maximum Gasteiger partial charge on any atom is 0.326 e. The number of rotatable bonds is 44. The molecule has 0 aromatic carbocycles. The van der Waals surface area contributed by atoms with Crippen LogP contribution in [-0.2, 0) is 62.1 Å². The molecule has 4 amide bonds. The van der Waals surface area contributed by atoms with Crippen molar-refractivity contribution < 1.29 is 77.4 Å². The van der Waals surface area contributed by atoms with E-state index in [1.807, 2.05) is 0 Å².